The van der Waals surface area contributed by atoms with Gasteiger partial charge in [0.05, 0.1) is 6.54 Å². The molecule has 4 rings (SSSR count). The SMILES string of the molecule is C[C@](NC(=O)CN1CCN(c2ccccc2)CC1)(C(=O)O)c1cccc2ccccc12. The number of nitrogens with one attached hydrogen (secondary N) is 1. The van der Waals surface area contributed by atoms with Gasteiger partial charge in [-0.1, -0.05) is 60.7 Å². The van der Waals surface area contributed by atoms with Crippen LogP contribution in [0.3, 0.4) is 0 Å². The van der Waals surface area contributed by atoms with Gasteiger partial charge in [0.15, 0.2) is 5.54 Å². The third-order valence-corrected chi connectivity index (χ3v) is 6.01. The van der Waals surface area contributed by atoms with Crippen molar-refractivity contribution in [2.45, 2.75) is 12.5 Å². The predicted molar refractivity (Wildman–Crippen MR) is 122 cm³/mol. The molecular weight excluding hydrogens is 390 g/mol. The lowest BCUT2D eigenvalue weighted by Gasteiger charge is -2.36. The summed E-state index contributed by atoms with van der Waals surface area (Å²) in [4.78, 5) is 29.5. The van der Waals surface area contributed by atoms with Gasteiger partial charge in [0.1, 0.15) is 0 Å². The Hall–Kier alpha value is -3.38. The van der Waals surface area contributed by atoms with Crippen LogP contribution in [0.2, 0.25) is 0 Å². The standard InChI is InChI=1S/C25H27N3O3/c1-25(24(30)31,22-13-7-9-19-8-5-6-12-21(19)22)26-23(29)18-27-14-16-28(17-15-27)20-10-3-2-4-11-20/h2-13H,14-18H2,1H3,(H,26,29)(H,30,31)/t25-/m1/s1. The molecule has 1 atom stereocenters. The fourth-order valence-electron chi connectivity index (χ4n) is 4.22. The van der Waals surface area contributed by atoms with E-state index in [0.29, 0.717) is 5.56 Å². The van der Waals surface area contributed by atoms with Gasteiger partial charge in [0, 0.05) is 31.9 Å². The smallest absolute Gasteiger partial charge is 0.333 e. The summed E-state index contributed by atoms with van der Waals surface area (Å²) in [5.74, 6) is -1.36. The second kappa shape index (κ2) is 8.78. The molecule has 1 aliphatic heterocycles. The zero-order valence-corrected chi connectivity index (χ0v) is 17.6. The summed E-state index contributed by atoms with van der Waals surface area (Å²) >= 11 is 0. The Morgan fingerprint density at radius 2 is 1.55 bits per heavy atom. The third kappa shape index (κ3) is 4.39. The van der Waals surface area contributed by atoms with E-state index >= 15 is 0 Å². The summed E-state index contributed by atoms with van der Waals surface area (Å²) in [6.07, 6.45) is 0. The van der Waals surface area contributed by atoms with Crippen LogP contribution in [0, 0.1) is 0 Å². The van der Waals surface area contributed by atoms with Crippen LogP contribution in [0.15, 0.2) is 72.8 Å². The van der Waals surface area contributed by atoms with Crippen LogP contribution in [0.25, 0.3) is 10.8 Å². The van der Waals surface area contributed by atoms with Crippen molar-refractivity contribution in [3.8, 4) is 0 Å². The first-order valence-electron chi connectivity index (χ1n) is 10.5. The zero-order valence-electron chi connectivity index (χ0n) is 17.6. The number of fused-ring (bicyclic) bond motifs is 1. The molecular formula is C25H27N3O3. The van der Waals surface area contributed by atoms with Crippen molar-refractivity contribution >= 4 is 28.3 Å². The maximum atomic E-state index is 12.9. The number of rotatable bonds is 6. The van der Waals surface area contributed by atoms with Crippen LogP contribution in [-0.2, 0) is 15.1 Å². The van der Waals surface area contributed by atoms with Crippen LogP contribution in [0.4, 0.5) is 5.69 Å². The van der Waals surface area contributed by atoms with E-state index in [9.17, 15) is 14.7 Å². The normalized spacial score (nSPS) is 16.6. The summed E-state index contributed by atoms with van der Waals surface area (Å²) in [5.41, 5.74) is 0.255. The molecule has 1 heterocycles. The van der Waals surface area contributed by atoms with Gasteiger partial charge in [-0.15, -0.1) is 0 Å². The summed E-state index contributed by atoms with van der Waals surface area (Å²) in [5, 5.41) is 14.6. The van der Waals surface area contributed by atoms with Crippen molar-refractivity contribution in [3.63, 3.8) is 0 Å². The lowest BCUT2D eigenvalue weighted by Crippen LogP contribution is -2.54. The number of amides is 1. The van der Waals surface area contributed by atoms with E-state index in [4.69, 9.17) is 0 Å². The Morgan fingerprint density at radius 1 is 0.903 bits per heavy atom. The fourth-order valence-corrected chi connectivity index (χ4v) is 4.22. The Balaban J connectivity index is 1.44. The van der Waals surface area contributed by atoms with Crippen molar-refractivity contribution in [1.29, 1.82) is 0 Å². The first kappa shape index (κ1) is 20.9. The number of hydrogen-bond acceptors (Lipinski definition) is 4. The molecule has 6 heteroatoms. The number of carboxylic acids is 1. The monoisotopic (exact) mass is 417 g/mol. The van der Waals surface area contributed by atoms with E-state index < -0.39 is 11.5 Å². The number of para-hydroxylation sites is 1. The Kier molecular flexibility index (Phi) is 5.91. The lowest BCUT2D eigenvalue weighted by molar-refractivity contribution is -0.147. The lowest BCUT2D eigenvalue weighted by atomic mass is 9.87. The highest BCUT2D eigenvalue weighted by molar-refractivity contribution is 5.95. The quantitative estimate of drug-likeness (QED) is 0.645. The number of hydrogen-bond donors (Lipinski definition) is 2. The zero-order chi connectivity index (χ0) is 21.8. The predicted octanol–water partition coefficient (Wildman–Crippen LogP) is 3.08. The number of anilines is 1. The number of piperazine rings is 1. The number of carbonyl (C=O) groups is 2. The van der Waals surface area contributed by atoms with Crippen LogP contribution in [0.5, 0.6) is 0 Å². The van der Waals surface area contributed by atoms with Gasteiger partial charge in [-0.05, 0) is 35.4 Å². The van der Waals surface area contributed by atoms with Gasteiger partial charge >= 0.3 is 5.97 Å². The molecule has 1 aliphatic rings. The maximum absolute atomic E-state index is 12.9. The van der Waals surface area contributed by atoms with Crippen LogP contribution in [0.1, 0.15) is 12.5 Å². The molecule has 1 amide bonds. The minimum atomic E-state index is -1.51. The topological polar surface area (TPSA) is 72.9 Å². The molecule has 6 nitrogen and oxygen atoms in total. The average molecular weight is 418 g/mol. The number of aliphatic carboxylic acids is 1. The number of carbonyl (C=O) groups excluding carboxylic acids is 1. The Labute approximate surface area is 182 Å². The van der Waals surface area contributed by atoms with E-state index in [1.165, 1.54) is 5.69 Å². The van der Waals surface area contributed by atoms with E-state index in [1.54, 1.807) is 13.0 Å². The third-order valence-electron chi connectivity index (χ3n) is 6.01. The van der Waals surface area contributed by atoms with Crippen molar-refractivity contribution in [2.24, 2.45) is 0 Å². The van der Waals surface area contributed by atoms with Gasteiger partial charge in [-0.2, -0.15) is 0 Å². The van der Waals surface area contributed by atoms with Crippen LogP contribution >= 0.6 is 0 Å². The van der Waals surface area contributed by atoms with Gasteiger partial charge in [0.25, 0.3) is 0 Å². The molecule has 1 saturated heterocycles. The largest absolute Gasteiger partial charge is 0.479 e. The molecule has 31 heavy (non-hydrogen) atoms. The van der Waals surface area contributed by atoms with Gasteiger partial charge in [-0.25, -0.2) is 4.79 Å². The summed E-state index contributed by atoms with van der Waals surface area (Å²) in [6.45, 7) is 4.90. The molecule has 0 spiro atoms. The van der Waals surface area contributed by atoms with Crippen LogP contribution in [-0.4, -0.2) is 54.6 Å². The summed E-state index contributed by atoms with van der Waals surface area (Å²) in [7, 11) is 0. The fraction of sp³-hybridized carbons (Fsp3) is 0.280. The second-order valence-corrected chi connectivity index (χ2v) is 8.10. The first-order chi connectivity index (χ1) is 15.0. The van der Waals surface area contributed by atoms with E-state index in [2.05, 4.69) is 27.2 Å². The average Bonchev–Trinajstić information content (AvgIpc) is 2.79. The molecule has 0 bridgehead atoms. The molecule has 0 radical (unpaired) electrons. The van der Waals surface area contributed by atoms with Crippen molar-refractivity contribution in [3.05, 3.63) is 78.4 Å². The van der Waals surface area contributed by atoms with E-state index in [0.717, 1.165) is 37.0 Å². The van der Waals surface area contributed by atoms with Crippen molar-refractivity contribution in [2.75, 3.05) is 37.6 Å². The number of nitrogens with zero attached hydrogens (tertiary/aromatic N) is 2. The number of carboxylic acid groups (broad SMARTS) is 1. The maximum Gasteiger partial charge on any atom is 0.333 e. The molecule has 3 aromatic carbocycles. The Morgan fingerprint density at radius 3 is 2.26 bits per heavy atom. The molecule has 0 aliphatic carbocycles. The first-order valence-corrected chi connectivity index (χ1v) is 10.5. The molecule has 2 N–H and O–H groups in total. The van der Waals surface area contributed by atoms with Crippen LogP contribution < -0.4 is 10.2 Å². The Bertz CT molecular complexity index is 1070. The molecule has 0 aromatic heterocycles. The second-order valence-electron chi connectivity index (χ2n) is 8.10. The van der Waals surface area contributed by atoms with Crippen molar-refractivity contribution < 1.29 is 14.7 Å². The highest BCUT2D eigenvalue weighted by Gasteiger charge is 2.38. The molecule has 0 unspecified atom stereocenters. The molecule has 1 fully saturated rings. The minimum Gasteiger partial charge on any atom is -0.479 e. The summed E-state index contributed by atoms with van der Waals surface area (Å²) in [6, 6.07) is 23.4. The molecule has 160 valence electrons. The van der Waals surface area contributed by atoms with Gasteiger partial charge in [0.2, 0.25) is 5.91 Å². The minimum absolute atomic E-state index is 0.177. The van der Waals surface area contributed by atoms with Gasteiger partial charge < -0.3 is 15.3 Å². The van der Waals surface area contributed by atoms with E-state index in [1.807, 2.05) is 54.6 Å². The summed E-state index contributed by atoms with van der Waals surface area (Å²) < 4.78 is 0. The highest BCUT2D eigenvalue weighted by Crippen LogP contribution is 2.29. The van der Waals surface area contributed by atoms with Gasteiger partial charge in [-0.3, -0.25) is 9.69 Å². The number of benzene rings is 3. The van der Waals surface area contributed by atoms with E-state index in [-0.39, 0.29) is 12.5 Å². The highest BCUT2D eigenvalue weighted by atomic mass is 16.4. The molecule has 0 saturated carbocycles. The molecule has 3 aromatic rings. The van der Waals surface area contributed by atoms with Crippen molar-refractivity contribution in [1.82, 2.24) is 10.2 Å².